The molecule has 1 aliphatic rings. The Kier molecular flexibility index (Phi) is 3.92. The smallest absolute Gasteiger partial charge is 0.458 e. The fourth-order valence-electron chi connectivity index (χ4n) is 1.29. The molecule has 0 aliphatic carbocycles. The van der Waals surface area contributed by atoms with Gasteiger partial charge in [0.1, 0.15) is 0 Å². The summed E-state index contributed by atoms with van der Waals surface area (Å²) in [5.41, 5.74) is 0. The zero-order valence-corrected chi connectivity index (χ0v) is 9.74. The molecule has 124 valence electrons. The number of rotatable bonds is 2. The van der Waals surface area contributed by atoms with E-state index >= 15 is 0 Å². The number of esters is 1. The summed E-state index contributed by atoms with van der Waals surface area (Å²) in [4.78, 5) is 11.1. The summed E-state index contributed by atoms with van der Waals surface area (Å²) in [6.07, 6.45) is -19.0. The minimum Gasteiger partial charge on any atom is -0.462 e. The van der Waals surface area contributed by atoms with Crippen molar-refractivity contribution in [1.29, 1.82) is 0 Å². The molecule has 0 saturated carbocycles. The average Bonchev–Trinajstić information content (AvgIpc) is 2.47. The van der Waals surface area contributed by atoms with E-state index < -0.39 is 42.7 Å². The molecule has 1 heterocycles. The van der Waals surface area contributed by atoms with E-state index in [9.17, 15) is 44.3 Å². The van der Waals surface area contributed by atoms with E-state index in [1.54, 1.807) is 0 Å². The first-order valence-electron chi connectivity index (χ1n) is 4.92. The molecular formula is C8H5F9O4. The molecule has 0 aromatic heterocycles. The van der Waals surface area contributed by atoms with Crippen molar-refractivity contribution in [3.63, 3.8) is 0 Å². The third kappa shape index (κ3) is 2.41. The highest BCUT2D eigenvalue weighted by Gasteiger charge is 2.89. The number of hydrogen-bond acceptors (Lipinski definition) is 4. The van der Waals surface area contributed by atoms with E-state index in [-0.39, 0.29) is 0 Å². The molecule has 1 fully saturated rings. The van der Waals surface area contributed by atoms with Gasteiger partial charge in [-0.1, -0.05) is 0 Å². The van der Waals surface area contributed by atoms with Crippen LogP contribution in [0.5, 0.6) is 0 Å². The summed E-state index contributed by atoms with van der Waals surface area (Å²) in [6, 6.07) is 0. The van der Waals surface area contributed by atoms with Crippen LogP contribution >= 0.6 is 0 Å². The molecular weight excluding hydrogens is 331 g/mol. The van der Waals surface area contributed by atoms with E-state index in [4.69, 9.17) is 0 Å². The Labute approximate surface area is 109 Å². The molecule has 1 saturated heterocycles. The Balaban J connectivity index is 3.44. The number of hydrogen-bond donors (Lipinski definition) is 0. The zero-order chi connectivity index (χ0) is 16.9. The number of halogens is 9. The van der Waals surface area contributed by atoms with Crippen molar-refractivity contribution in [2.24, 2.45) is 0 Å². The molecule has 0 N–H and O–H groups in total. The van der Waals surface area contributed by atoms with Crippen molar-refractivity contribution in [1.82, 2.24) is 0 Å². The topological polar surface area (TPSA) is 44.8 Å². The van der Waals surface area contributed by atoms with Crippen LogP contribution in [-0.4, -0.2) is 42.7 Å². The van der Waals surface area contributed by atoms with E-state index in [0.29, 0.717) is 0 Å². The molecule has 2 atom stereocenters. The molecule has 21 heavy (non-hydrogen) atoms. The van der Waals surface area contributed by atoms with Gasteiger partial charge in [0, 0.05) is 0 Å². The summed E-state index contributed by atoms with van der Waals surface area (Å²) < 4.78 is 123. The molecule has 0 aromatic rings. The van der Waals surface area contributed by atoms with Crippen LogP contribution in [0.3, 0.4) is 0 Å². The molecule has 0 radical (unpaired) electrons. The first kappa shape index (κ1) is 17.8. The highest BCUT2D eigenvalue weighted by Crippen LogP contribution is 2.59. The molecule has 13 heteroatoms. The van der Waals surface area contributed by atoms with Gasteiger partial charge < -0.3 is 4.74 Å². The van der Waals surface area contributed by atoms with Gasteiger partial charge in [0.25, 0.3) is 0 Å². The first-order chi connectivity index (χ1) is 9.15. The minimum atomic E-state index is -6.62. The standard InChI is InChI=1S/C8H5F9O4/c1-2-19-3(18)4(6(10,11)12)20-5(9,7(13,14)15)8(16,17)21-4/h2H2,1H3. The highest BCUT2D eigenvalue weighted by molar-refractivity contribution is 5.79. The van der Waals surface area contributed by atoms with Gasteiger partial charge in [0.2, 0.25) is 0 Å². The largest absolute Gasteiger partial charge is 0.462 e. The van der Waals surface area contributed by atoms with Gasteiger partial charge in [-0.3, -0.25) is 9.47 Å². The second-order valence-corrected chi connectivity index (χ2v) is 3.65. The Bertz CT molecular complexity index is 430. The molecule has 1 rings (SSSR count). The summed E-state index contributed by atoms with van der Waals surface area (Å²) in [5.74, 6) is -14.2. The van der Waals surface area contributed by atoms with E-state index in [2.05, 4.69) is 14.2 Å². The molecule has 0 aromatic carbocycles. The Morgan fingerprint density at radius 1 is 1.00 bits per heavy atom. The van der Waals surface area contributed by atoms with E-state index in [1.165, 1.54) is 0 Å². The van der Waals surface area contributed by atoms with Crippen molar-refractivity contribution >= 4 is 5.97 Å². The van der Waals surface area contributed by atoms with Crippen LogP contribution in [0.15, 0.2) is 0 Å². The summed E-state index contributed by atoms with van der Waals surface area (Å²) in [7, 11) is 0. The summed E-state index contributed by atoms with van der Waals surface area (Å²) >= 11 is 0. The van der Waals surface area contributed by atoms with Gasteiger partial charge in [-0.15, -0.1) is 0 Å². The third-order valence-electron chi connectivity index (χ3n) is 2.21. The SMILES string of the molecule is CCOC(=O)C1(C(F)(F)F)OC(F)(F)C(F)(C(F)(F)F)O1. The van der Waals surface area contributed by atoms with Crippen LogP contribution in [-0.2, 0) is 19.0 Å². The predicted octanol–water partition coefficient (Wildman–Crippen LogP) is 2.68. The number of ether oxygens (including phenoxy) is 3. The van der Waals surface area contributed by atoms with Gasteiger partial charge in [-0.05, 0) is 6.92 Å². The second kappa shape index (κ2) is 4.63. The molecule has 0 amide bonds. The van der Waals surface area contributed by atoms with Crippen LogP contribution in [0.1, 0.15) is 6.92 Å². The monoisotopic (exact) mass is 336 g/mol. The van der Waals surface area contributed by atoms with Crippen molar-refractivity contribution in [3.05, 3.63) is 0 Å². The fraction of sp³-hybridized carbons (Fsp3) is 0.875. The van der Waals surface area contributed by atoms with Gasteiger partial charge in [-0.2, -0.15) is 39.5 Å². The third-order valence-corrected chi connectivity index (χ3v) is 2.21. The highest BCUT2D eigenvalue weighted by atomic mass is 19.4. The lowest BCUT2D eigenvalue weighted by atomic mass is 10.2. The number of carbonyl (C=O) groups excluding carboxylic acids is 1. The lowest BCUT2D eigenvalue weighted by molar-refractivity contribution is -0.398. The Morgan fingerprint density at radius 2 is 1.48 bits per heavy atom. The summed E-state index contributed by atoms with van der Waals surface area (Å²) in [5, 5.41) is 0. The van der Waals surface area contributed by atoms with Crippen LogP contribution in [0, 0.1) is 0 Å². The molecule has 4 nitrogen and oxygen atoms in total. The lowest BCUT2D eigenvalue weighted by Gasteiger charge is -2.27. The quantitative estimate of drug-likeness (QED) is 0.575. The lowest BCUT2D eigenvalue weighted by Crippen LogP contribution is -2.57. The van der Waals surface area contributed by atoms with Crippen molar-refractivity contribution in [3.8, 4) is 0 Å². The van der Waals surface area contributed by atoms with Gasteiger partial charge in [0.15, 0.2) is 0 Å². The van der Waals surface area contributed by atoms with Crippen molar-refractivity contribution in [2.75, 3.05) is 6.61 Å². The number of alkyl halides is 9. The maximum absolute atomic E-state index is 13.3. The maximum atomic E-state index is 13.3. The van der Waals surface area contributed by atoms with Gasteiger partial charge in [-0.25, -0.2) is 4.79 Å². The van der Waals surface area contributed by atoms with Crippen LogP contribution in [0.25, 0.3) is 0 Å². The molecule has 0 bridgehead atoms. The first-order valence-corrected chi connectivity index (χ1v) is 4.92. The van der Waals surface area contributed by atoms with Gasteiger partial charge in [0.05, 0.1) is 6.61 Å². The van der Waals surface area contributed by atoms with E-state index in [1.807, 2.05) is 0 Å². The van der Waals surface area contributed by atoms with Gasteiger partial charge >= 0.3 is 36.1 Å². The Hall–Kier alpha value is -1.24. The average molecular weight is 336 g/mol. The van der Waals surface area contributed by atoms with Crippen LogP contribution < -0.4 is 0 Å². The van der Waals surface area contributed by atoms with Crippen molar-refractivity contribution in [2.45, 2.75) is 37.0 Å². The maximum Gasteiger partial charge on any atom is 0.458 e. The van der Waals surface area contributed by atoms with E-state index in [0.717, 1.165) is 6.92 Å². The normalized spacial score (nSPS) is 33.0. The zero-order valence-electron chi connectivity index (χ0n) is 9.74. The molecule has 0 spiro atoms. The van der Waals surface area contributed by atoms with Crippen molar-refractivity contribution < 1.29 is 58.5 Å². The molecule has 2 unspecified atom stereocenters. The fourth-order valence-corrected chi connectivity index (χ4v) is 1.29. The minimum absolute atomic E-state index is 0.847. The molecule has 1 aliphatic heterocycles. The predicted molar refractivity (Wildman–Crippen MR) is 42.4 cm³/mol. The summed E-state index contributed by atoms with van der Waals surface area (Å²) in [6.45, 7) is 0.0712. The number of carbonyl (C=O) groups is 1. The van der Waals surface area contributed by atoms with Crippen LogP contribution in [0.2, 0.25) is 0 Å². The Morgan fingerprint density at radius 3 is 1.76 bits per heavy atom. The second-order valence-electron chi connectivity index (χ2n) is 3.65. The van der Waals surface area contributed by atoms with Crippen LogP contribution in [0.4, 0.5) is 39.5 Å².